The minimum Gasteiger partial charge on any atom is -0.462 e. The molecule has 0 radical (unpaired) electrons. The molecule has 1 N–H and O–H groups in total. The number of hydrogen-bond acceptors (Lipinski definition) is 3. The molecule has 116 valence electrons. The molecule has 0 spiro atoms. The van der Waals surface area contributed by atoms with E-state index in [9.17, 15) is 18.0 Å². The first-order valence-electron chi connectivity index (χ1n) is 7.25. The molecular weight excluding hydrogens is 271 g/mol. The number of carbonyl (C=O) groups excluding carboxylic acids is 1. The molecule has 0 aromatic rings. The molecule has 3 nitrogen and oxygen atoms in total. The van der Waals surface area contributed by atoms with Crippen molar-refractivity contribution in [2.45, 2.75) is 51.8 Å². The van der Waals surface area contributed by atoms with Crippen molar-refractivity contribution >= 4 is 5.97 Å². The maximum absolute atomic E-state index is 13.2. The standard InChI is InChI=1S/C14H22F3NO2/c1-9-3-4-11(7-10(9)2)20-12(19)13(14(15,16)17)5-6-18-8-13/h9-11,18H,3-8H2,1-2H3. The van der Waals surface area contributed by atoms with E-state index < -0.39 is 17.6 Å². The highest BCUT2D eigenvalue weighted by molar-refractivity contribution is 5.79. The summed E-state index contributed by atoms with van der Waals surface area (Å²) >= 11 is 0. The highest BCUT2D eigenvalue weighted by Crippen LogP contribution is 2.45. The number of esters is 1. The summed E-state index contributed by atoms with van der Waals surface area (Å²) in [5.41, 5.74) is -2.35. The van der Waals surface area contributed by atoms with Gasteiger partial charge in [-0.3, -0.25) is 4.79 Å². The molecule has 4 unspecified atom stereocenters. The normalized spacial score (nSPS) is 38.8. The summed E-state index contributed by atoms with van der Waals surface area (Å²) < 4.78 is 44.9. The van der Waals surface area contributed by atoms with Crippen LogP contribution in [0.5, 0.6) is 0 Å². The third-order valence-corrected chi connectivity index (χ3v) is 4.91. The predicted molar refractivity (Wildman–Crippen MR) is 68.0 cm³/mol. The average molecular weight is 293 g/mol. The molecule has 1 aliphatic heterocycles. The van der Waals surface area contributed by atoms with Gasteiger partial charge in [0, 0.05) is 6.54 Å². The van der Waals surface area contributed by atoms with Crippen molar-refractivity contribution < 1.29 is 22.7 Å². The van der Waals surface area contributed by atoms with Crippen LogP contribution in [0.3, 0.4) is 0 Å². The summed E-state index contributed by atoms with van der Waals surface area (Å²) in [4.78, 5) is 12.1. The Morgan fingerprint density at radius 3 is 2.45 bits per heavy atom. The van der Waals surface area contributed by atoms with Crippen molar-refractivity contribution in [3.05, 3.63) is 0 Å². The molecular formula is C14H22F3NO2. The number of hydrogen-bond donors (Lipinski definition) is 1. The number of rotatable bonds is 2. The van der Waals surface area contributed by atoms with Crippen molar-refractivity contribution in [1.82, 2.24) is 5.32 Å². The zero-order valence-electron chi connectivity index (χ0n) is 11.9. The molecule has 2 rings (SSSR count). The molecule has 1 aliphatic carbocycles. The van der Waals surface area contributed by atoms with E-state index in [4.69, 9.17) is 4.74 Å². The van der Waals surface area contributed by atoms with Gasteiger partial charge in [-0.05, 0) is 44.1 Å². The van der Waals surface area contributed by atoms with Gasteiger partial charge >= 0.3 is 12.1 Å². The van der Waals surface area contributed by atoms with Gasteiger partial charge in [0.1, 0.15) is 6.10 Å². The van der Waals surface area contributed by atoms with Gasteiger partial charge in [0.05, 0.1) is 0 Å². The largest absolute Gasteiger partial charge is 0.462 e. The molecule has 4 atom stereocenters. The number of nitrogens with one attached hydrogen (secondary N) is 1. The van der Waals surface area contributed by atoms with Crippen LogP contribution in [0.1, 0.15) is 39.5 Å². The first kappa shape index (κ1) is 15.6. The fourth-order valence-corrected chi connectivity index (χ4v) is 3.09. The first-order chi connectivity index (χ1) is 9.26. The predicted octanol–water partition coefficient (Wildman–Crippen LogP) is 2.90. The molecule has 0 amide bonds. The summed E-state index contributed by atoms with van der Waals surface area (Å²) in [6.45, 7) is 4.02. The lowest BCUT2D eigenvalue weighted by molar-refractivity contribution is -0.232. The average Bonchev–Trinajstić information content (AvgIpc) is 2.84. The van der Waals surface area contributed by atoms with E-state index in [1.54, 1.807) is 0 Å². The van der Waals surface area contributed by atoms with E-state index in [1.165, 1.54) is 0 Å². The first-order valence-corrected chi connectivity index (χ1v) is 7.25. The van der Waals surface area contributed by atoms with E-state index in [1.807, 2.05) is 0 Å². The van der Waals surface area contributed by atoms with Gasteiger partial charge in [-0.1, -0.05) is 13.8 Å². The minimum atomic E-state index is -4.55. The Labute approximate surface area is 117 Å². The summed E-state index contributed by atoms with van der Waals surface area (Å²) in [6.07, 6.45) is -2.92. The van der Waals surface area contributed by atoms with Crippen LogP contribution in [0.2, 0.25) is 0 Å². The van der Waals surface area contributed by atoms with Crippen LogP contribution in [0, 0.1) is 17.3 Å². The Bertz CT molecular complexity index is 364. The molecule has 0 aromatic heterocycles. The van der Waals surface area contributed by atoms with E-state index >= 15 is 0 Å². The number of carbonyl (C=O) groups is 1. The van der Waals surface area contributed by atoms with Gasteiger partial charge in [-0.15, -0.1) is 0 Å². The molecule has 0 bridgehead atoms. The van der Waals surface area contributed by atoms with Crippen molar-refractivity contribution in [2.75, 3.05) is 13.1 Å². The van der Waals surface area contributed by atoms with Crippen molar-refractivity contribution in [2.24, 2.45) is 17.3 Å². The lowest BCUT2D eigenvalue weighted by Crippen LogP contribution is -2.49. The maximum atomic E-state index is 13.2. The molecule has 20 heavy (non-hydrogen) atoms. The summed E-state index contributed by atoms with van der Waals surface area (Å²) in [5.74, 6) is -0.179. The second-order valence-corrected chi connectivity index (χ2v) is 6.30. The third-order valence-electron chi connectivity index (χ3n) is 4.91. The molecule has 2 fully saturated rings. The summed E-state index contributed by atoms with van der Waals surface area (Å²) in [5, 5.41) is 2.63. The van der Waals surface area contributed by atoms with Crippen LogP contribution < -0.4 is 5.32 Å². The molecule has 2 aliphatic rings. The molecule has 1 saturated carbocycles. The van der Waals surface area contributed by atoms with Crippen LogP contribution >= 0.6 is 0 Å². The fraction of sp³-hybridized carbons (Fsp3) is 0.929. The SMILES string of the molecule is CC1CCC(OC(=O)C2(C(F)(F)F)CCNC2)CC1C. The Hall–Kier alpha value is -0.780. The van der Waals surface area contributed by atoms with Crippen molar-refractivity contribution in [1.29, 1.82) is 0 Å². The maximum Gasteiger partial charge on any atom is 0.406 e. The highest BCUT2D eigenvalue weighted by Gasteiger charge is 2.63. The van der Waals surface area contributed by atoms with E-state index in [0.29, 0.717) is 24.7 Å². The summed E-state index contributed by atoms with van der Waals surface area (Å²) in [6, 6.07) is 0. The number of halogens is 3. The van der Waals surface area contributed by atoms with E-state index in [0.717, 1.165) is 6.42 Å². The van der Waals surface area contributed by atoms with Gasteiger partial charge in [-0.2, -0.15) is 13.2 Å². The van der Waals surface area contributed by atoms with Crippen molar-refractivity contribution in [3.63, 3.8) is 0 Å². The van der Waals surface area contributed by atoms with Gasteiger partial charge in [0.2, 0.25) is 0 Å². The lowest BCUT2D eigenvalue weighted by Gasteiger charge is -2.35. The minimum absolute atomic E-state index is 0.201. The Morgan fingerprint density at radius 2 is 1.95 bits per heavy atom. The second kappa shape index (κ2) is 5.54. The van der Waals surface area contributed by atoms with Crippen LogP contribution in [0.25, 0.3) is 0 Å². The second-order valence-electron chi connectivity index (χ2n) is 6.30. The van der Waals surface area contributed by atoms with Gasteiger partial charge < -0.3 is 10.1 Å². The topological polar surface area (TPSA) is 38.3 Å². The monoisotopic (exact) mass is 293 g/mol. The van der Waals surface area contributed by atoms with Gasteiger partial charge in [-0.25, -0.2) is 0 Å². The Kier molecular flexibility index (Phi) is 4.33. The molecule has 1 heterocycles. The van der Waals surface area contributed by atoms with Gasteiger partial charge in [0.25, 0.3) is 0 Å². The van der Waals surface area contributed by atoms with E-state index in [2.05, 4.69) is 19.2 Å². The van der Waals surface area contributed by atoms with Crippen molar-refractivity contribution in [3.8, 4) is 0 Å². The van der Waals surface area contributed by atoms with Crippen LogP contribution in [-0.2, 0) is 9.53 Å². The lowest BCUT2D eigenvalue weighted by atomic mass is 9.80. The number of alkyl halides is 3. The summed E-state index contributed by atoms with van der Waals surface area (Å²) in [7, 11) is 0. The Balaban J connectivity index is 2.03. The number of ether oxygens (including phenoxy) is 1. The smallest absolute Gasteiger partial charge is 0.406 e. The molecule has 0 aromatic carbocycles. The fourth-order valence-electron chi connectivity index (χ4n) is 3.09. The van der Waals surface area contributed by atoms with Gasteiger partial charge in [0.15, 0.2) is 5.41 Å². The van der Waals surface area contributed by atoms with Crippen LogP contribution in [0.15, 0.2) is 0 Å². The molecule has 1 saturated heterocycles. The van der Waals surface area contributed by atoms with E-state index in [-0.39, 0.29) is 25.6 Å². The quantitative estimate of drug-likeness (QED) is 0.796. The van der Waals surface area contributed by atoms with Crippen LogP contribution in [0.4, 0.5) is 13.2 Å². The van der Waals surface area contributed by atoms with Crippen LogP contribution in [-0.4, -0.2) is 31.3 Å². The zero-order chi connectivity index (χ0) is 15.0. The molecule has 6 heteroatoms. The zero-order valence-corrected chi connectivity index (χ0v) is 11.9. The Morgan fingerprint density at radius 1 is 1.25 bits per heavy atom. The highest BCUT2D eigenvalue weighted by atomic mass is 19.4. The third kappa shape index (κ3) is 2.80.